The zero-order valence-corrected chi connectivity index (χ0v) is 12.8. The molecule has 0 bridgehead atoms. The molecule has 0 saturated heterocycles. The maximum absolute atomic E-state index is 2.51. The Morgan fingerprint density at radius 2 is 1.53 bits per heavy atom. The first-order valence-electron chi connectivity index (χ1n) is 7.89. The second-order valence-corrected chi connectivity index (χ2v) is 7.94. The van der Waals surface area contributed by atoms with Crippen molar-refractivity contribution < 1.29 is 0 Å². The first kappa shape index (κ1) is 13.4. The van der Waals surface area contributed by atoms with Crippen LogP contribution in [0.25, 0.3) is 0 Å². The van der Waals surface area contributed by atoms with Crippen LogP contribution >= 0.6 is 0 Å². The molecule has 0 amide bonds. The third-order valence-electron chi connectivity index (χ3n) is 5.80. The molecule has 0 heteroatoms. The summed E-state index contributed by atoms with van der Waals surface area (Å²) in [5.74, 6) is 6.44. The molecule has 0 aromatic rings. The van der Waals surface area contributed by atoms with Crippen LogP contribution < -0.4 is 0 Å². The zero-order valence-electron chi connectivity index (χ0n) is 12.8. The number of fused-ring (bicyclic) bond motifs is 1. The smallest absolute Gasteiger partial charge is 0.0312 e. The van der Waals surface area contributed by atoms with Crippen LogP contribution in [0.2, 0.25) is 0 Å². The van der Waals surface area contributed by atoms with Crippen molar-refractivity contribution >= 4 is 0 Å². The minimum absolute atomic E-state index is 0.522. The Morgan fingerprint density at radius 1 is 0.941 bits per heavy atom. The Kier molecular flexibility index (Phi) is 3.63. The van der Waals surface area contributed by atoms with Crippen LogP contribution in [0, 0.1) is 40.9 Å². The fraction of sp³-hybridized carbons (Fsp3) is 1.00. The Balaban J connectivity index is 1.68. The highest BCUT2D eigenvalue weighted by molar-refractivity contribution is 5.22. The molecule has 100 valence electrons. The summed E-state index contributed by atoms with van der Waals surface area (Å²) in [6.45, 7) is 14.5. The molecule has 2 aliphatic rings. The zero-order chi connectivity index (χ0) is 12.8. The molecular formula is C17H32. The lowest BCUT2D eigenvalue weighted by atomic mass is 9.73. The van der Waals surface area contributed by atoms with Gasteiger partial charge in [0.1, 0.15) is 0 Å². The van der Waals surface area contributed by atoms with Crippen molar-refractivity contribution in [3.05, 3.63) is 0 Å². The Bertz CT molecular complexity index is 250. The van der Waals surface area contributed by atoms with Gasteiger partial charge in [0.25, 0.3) is 0 Å². The lowest BCUT2D eigenvalue weighted by Gasteiger charge is -2.32. The van der Waals surface area contributed by atoms with E-state index in [1.165, 1.54) is 25.7 Å². The van der Waals surface area contributed by atoms with E-state index >= 15 is 0 Å². The van der Waals surface area contributed by atoms with E-state index in [-0.39, 0.29) is 0 Å². The lowest BCUT2D eigenvalue weighted by Crippen LogP contribution is -2.25. The van der Waals surface area contributed by atoms with Crippen LogP contribution in [-0.2, 0) is 0 Å². The van der Waals surface area contributed by atoms with Crippen LogP contribution in [0.5, 0.6) is 0 Å². The normalized spacial score (nSPS) is 38.5. The van der Waals surface area contributed by atoms with Gasteiger partial charge in [-0.3, -0.25) is 0 Å². The van der Waals surface area contributed by atoms with E-state index in [0.717, 1.165) is 35.5 Å². The Morgan fingerprint density at radius 3 is 2.00 bits per heavy atom. The molecule has 0 radical (unpaired) electrons. The first-order valence-corrected chi connectivity index (χ1v) is 7.89. The summed E-state index contributed by atoms with van der Waals surface area (Å²) in [7, 11) is 0. The van der Waals surface area contributed by atoms with E-state index in [4.69, 9.17) is 0 Å². The van der Waals surface area contributed by atoms with E-state index in [1.807, 2.05) is 0 Å². The van der Waals surface area contributed by atoms with Gasteiger partial charge in [-0.25, -0.2) is 0 Å². The fourth-order valence-corrected chi connectivity index (χ4v) is 4.05. The average molecular weight is 236 g/mol. The Hall–Kier alpha value is 0. The minimum atomic E-state index is 0.522. The van der Waals surface area contributed by atoms with Crippen LogP contribution in [0.1, 0.15) is 67.2 Å². The van der Waals surface area contributed by atoms with Gasteiger partial charge in [-0.05, 0) is 40.9 Å². The molecule has 0 spiro atoms. The number of hydrogen-bond donors (Lipinski definition) is 0. The molecule has 2 aliphatic carbocycles. The predicted octanol–water partition coefficient (Wildman–Crippen LogP) is 5.38. The SMILES string of the molecule is CCCCCC(C)C1C2C1C2C(C)C(C)(C)C. The second-order valence-electron chi connectivity index (χ2n) is 7.94. The summed E-state index contributed by atoms with van der Waals surface area (Å²) in [4.78, 5) is 0. The molecule has 0 heterocycles. The van der Waals surface area contributed by atoms with Crippen molar-refractivity contribution in [3.8, 4) is 0 Å². The fourth-order valence-electron chi connectivity index (χ4n) is 4.05. The molecule has 4 atom stereocenters. The second kappa shape index (κ2) is 4.59. The summed E-state index contributed by atoms with van der Waals surface area (Å²) in [6.07, 6.45) is 5.76. The van der Waals surface area contributed by atoms with Crippen molar-refractivity contribution in [2.45, 2.75) is 67.2 Å². The summed E-state index contributed by atoms with van der Waals surface area (Å²) in [5, 5.41) is 0. The van der Waals surface area contributed by atoms with Gasteiger partial charge in [0.2, 0.25) is 0 Å². The van der Waals surface area contributed by atoms with Crippen LogP contribution in [0.3, 0.4) is 0 Å². The molecule has 17 heavy (non-hydrogen) atoms. The molecule has 0 N–H and O–H groups in total. The van der Waals surface area contributed by atoms with Crippen molar-refractivity contribution in [1.82, 2.24) is 0 Å². The van der Waals surface area contributed by atoms with Gasteiger partial charge in [0, 0.05) is 0 Å². The monoisotopic (exact) mass is 236 g/mol. The number of rotatable bonds is 6. The van der Waals surface area contributed by atoms with E-state index in [9.17, 15) is 0 Å². The van der Waals surface area contributed by atoms with Crippen molar-refractivity contribution in [2.75, 3.05) is 0 Å². The molecule has 2 fully saturated rings. The van der Waals surface area contributed by atoms with Crippen molar-refractivity contribution in [3.63, 3.8) is 0 Å². The predicted molar refractivity (Wildman–Crippen MR) is 75.9 cm³/mol. The lowest BCUT2D eigenvalue weighted by molar-refractivity contribution is 0.169. The van der Waals surface area contributed by atoms with Gasteiger partial charge in [-0.15, -0.1) is 0 Å². The topological polar surface area (TPSA) is 0 Å². The summed E-state index contributed by atoms with van der Waals surface area (Å²) in [6, 6.07) is 0. The molecule has 4 unspecified atom stereocenters. The van der Waals surface area contributed by atoms with Gasteiger partial charge in [0.05, 0.1) is 0 Å². The summed E-state index contributed by atoms with van der Waals surface area (Å²) >= 11 is 0. The van der Waals surface area contributed by atoms with Crippen molar-refractivity contribution in [2.24, 2.45) is 40.9 Å². The molecule has 0 nitrogen and oxygen atoms in total. The largest absolute Gasteiger partial charge is 0.0654 e. The molecule has 0 aliphatic heterocycles. The molecular weight excluding hydrogens is 204 g/mol. The van der Waals surface area contributed by atoms with Gasteiger partial charge >= 0.3 is 0 Å². The average Bonchev–Trinajstić information content (AvgIpc) is 3.05. The van der Waals surface area contributed by atoms with Crippen molar-refractivity contribution in [1.29, 1.82) is 0 Å². The van der Waals surface area contributed by atoms with E-state index < -0.39 is 0 Å². The minimum Gasteiger partial charge on any atom is -0.0654 e. The van der Waals surface area contributed by atoms with Gasteiger partial charge in [-0.2, -0.15) is 0 Å². The molecule has 2 rings (SSSR count). The molecule has 2 saturated carbocycles. The maximum atomic E-state index is 2.51. The molecule has 0 aromatic carbocycles. The van der Waals surface area contributed by atoms with E-state index in [0.29, 0.717) is 5.41 Å². The quantitative estimate of drug-likeness (QED) is 0.543. The van der Waals surface area contributed by atoms with Gasteiger partial charge < -0.3 is 0 Å². The standard InChI is InChI=1S/C17H32/c1-7-8-9-10-11(2)13-15-14(16(13)15)12(3)17(4,5)6/h11-16H,7-10H2,1-6H3. The number of hydrogen-bond acceptors (Lipinski definition) is 0. The highest BCUT2D eigenvalue weighted by Crippen LogP contribution is 2.79. The van der Waals surface area contributed by atoms with Crippen LogP contribution in [-0.4, -0.2) is 0 Å². The summed E-state index contributed by atoms with van der Waals surface area (Å²) in [5.41, 5.74) is 0.522. The molecule has 0 aromatic heterocycles. The van der Waals surface area contributed by atoms with Gasteiger partial charge in [-0.1, -0.05) is 67.2 Å². The highest BCUT2D eigenvalue weighted by Gasteiger charge is 2.75. The third-order valence-corrected chi connectivity index (χ3v) is 5.80. The van der Waals surface area contributed by atoms with Crippen LogP contribution in [0.4, 0.5) is 0 Å². The van der Waals surface area contributed by atoms with E-state index in [1.54, 1.807) is 0 Å². The highest BCUT2D eigenvalue weighted by atomic mass is 14.8. The van der Waals surface area contributed by atoms with Crippen LogP contribution in [0.15, 0.2) is 0 Å². The van der Waals surface area contributed by atoms with E-state index in [2.05, 4.69) is 41.5 Å². The summed E-state index contributed by atoms with van der Waals surface area (Å²) < 4.78 is 0. The first-order chi connectivity index (χ1) is 7.89. The number of unbranched alkanes of at least 4 members (excludes halogenated alkanes) is 2. The Labute approximate surface area is 109 Å². The maximum Gasteiger partial charge on any atom is -0.0312 e. The van der Waals surface area contributed by atoms with Gasteiger partial charge in [0.15, 0.2) is 0 Å². The third kappa shape index (κ3) is 2.56.